The molecule has 0 atom stereocenters. The maximum Gasteiger partial charge on any atom is 0.264 e. The van der Waals surface area contributed by atoms with Crippen molar-refractivity contribution in [2.75, 3.05) is 20.3 Å². The van der Waals surface area contributed by atoms with Crippen LogP contribution in [0.1, 0.15) is 5.89 Å². The number of rotatable bonds is 6. The van der Waals surface area contributed by atoms with Crippen LogP contribution in [0.4, 0.5) is 0 Å². The summed E-state index contributed by atoms with van der Waals surface area (Å²) >= 11 is 0. The Balaban J connectivity index is 1.97. The molecule has 0 aliphatic carbocycles. The topological polar surface area (TPSA) is 103 Å². The highest BCUT2D eigenvalue weighted by Crippen LogP contribution is 2.10. The molecule has 0 aromatic carbocycles. The molecule has 0 saturated heterocycles. The monoisotopic (exact) mass is 252 g/mol. The zero-order valence-electron chi connectivity index (χ0n) is 9.75. The molecule has 8 nitrogen and oxygen atoms in total. The number of hydrogen-bond donors (Lipinski definition) is 1. The molecule has 0 amide bonds. The maximum absolute atomic E-state index is 10.8. The Morgan fingerprint density at radius 1 is 1.39 bits per heavy atom. The van der Waals surface area contributed by atoms with E-state index in [-0.39, 0.29) is 12.2 Å². The Morgan fingerprint density at radius 2 is 2.28 bits per heavy atom. The minimum atomic E-state index is -0.287. The highest BCUT2D eigenvalue weighted by molar-refractivity contribution is 5.46. The van der Waals surface area contributed by atoms with Gasteiger partial charge in [0, 0.05) is 13.2 Å². The van der Waals surface area contributed by atoms with E-state index in [9.17, 15) is 4.79 Å². The summed E-state index contributed by atoms with van der Waals surface area (Å²) < 4.78 is 15.0. The van der Waals surface area contributed by atoms with Crippen LogP contribution in [0, 0.1) is 0 Å². The molecule has 0 radical (unpaired) electrons. The molecular formula is C10H12N4O4. The van der Waals surface area contributed by atoms with Crippen molar-refractivity contribution in [2.45, 2.75) is 6.61 Å². The van der Waals surface area contributed by atoms with Gasteiger partial charge < -0.3 is 14.0 Å². The lowest BCUT2D eigenvalue weighted by atomic mass is 10.4. The van der Waals surface area contributed by atoms with Crippen LogP contribution in [-0.2, 0) is 16.1 Å². The average molecular weight is 252 g/mol. The molecule has 0 fully saturated rings. The van der Waals surface area contributed by atoms with Crippen LogP contribution in [0.25, 0.3) is 11.5 Å². The van der Waals surface area contributed by atoms with Gasteiger partial charge in [-0.25, -0.2) is 5.10 Å². The van der Waals surface area contributed by atoms with Crippen molar-refractivity contribution in [2.24, 2.45) is 0 Å². The Bertz CT molecular complexity index is 530. The second kappa shape index (κ2) is 6.03. The van der Waals surface area contributed by atoms with E-state index in [1.165, 1.54) is 12.1 Å². The zero-order valence-corrected chi connectivity index (χ0v) is 9.75. The third-order valence-corrected chi connectivity index (χ3v) is 2.03. The molecule has 2 aromatic heterocycles. The number of aromatic nitrogens is 4. The molecule has 18 heavy (non-hydrogen) atoms. The van der Waals surface area contributed by atoms with E-state index in [2.05, 4.69) is 20.3 Å². The van der Waals surface area contributed by atoms with Crippen molar-refractivity contribution in [1.29, 1.82) is 0 Å². The third kappa shape index (κ3) is 3.22. The molecule has 0 bridgehead atoms. The van der Waals surface area contributed by atoms with Crippen LogP contribution in [0.3, 0.4) is 0 Å². The third-order valence-electron chi connectivity index (χ3n) is 2.03. The van der Waals surface area contributed by atoms with Crippen molar-refractivity contribution < 1.29 is 14.0 Å². The molecule has 0 unspecified atom stereocenters. The Hall–Kier alpha value is -2.06. The minimum Gasteiger partial charge on any atom is -0.382 e. The highest BCUT2D eigenvalue weighted by Gasteiger charge is 2.09. The van der Waals surface area contributed by atoms with Gasteiger partial charge in [0.15, 0.2) is 0 Å². The lowest BCUT2D eigenvalue weighted by Gasteiger charge is -1.98. The quantitative estimate of drug-likeness (QED) is 0.720. The normalized spacial score (nSPS) is 10.7. The molecule has 2 rings (SSSR count). The van der Waals surface area contributed by atoms with Gasteiger partial charge in [0.2, 0.25) is 5.82 Å². The van der Waals surface area contributed by atoms with E-state index in [1.54, 1.807) is 7.11 Å². The number of nitrogens with zero attached hydrogens (tertiary/aromatic N) is 3. The Labute approximate surface area is 102 Å². The van der Waals surface area contributed by atoms with Crippen LogP contribution in [-0.4, -0.2) is 40.7 Å². The molecule has 0 spiro atoms. The fraction of sp³-hybridized carbons (Fsp3) is 0.400. The number of methoxy groups -OCH3 is 1. The SMILES string of the molecule is COCCOCc1nc(-c2ccc(=O)[nH]n2)no1. The number of H-pyrrole nitrogens is 1. The molecule has 2 heterocycles. The van der Waals surface area contributed by atoms with Crippen molar-refractivity contribution in [3.05, 3.63) is 28.4 Å². The van der Waals surface area contributed by atoms with Crippen LogP contribution in [0.15, 0.2) is 21.5 Å². The standard InChI is InChI=1S/C10H12N4O4/c1-16-4-5-17-6-9-11-10(14-18-9)7-2-3-8(15)13-12-7/h2-3H,4-6H2,1H3,(H,13,15). The first kappa shape index (κ1) is 12.4. The molecule has 0 aliphatic heterocycles. The van der Waals surface area contributed by atoms with Crippen molar-refractivity contribution in [3.8, 4) is 11.5 Å². The number of aromatic amines is 1. The molecule has 1 N–H and O–H groups in total. The predicted octanol–water partition coefficient (Wildman–Crippen LogP) is -0.0171. The van der Waals surface area contributed by atoms with Crippen LogP contribution >= 0.6 is 0 Å². The fourth-order valence-electron chi connectivity index (χ4n) is 1.19. The molecule has 0 saturated carbocycles. The summed E-state index contributed by atoms with van der Waals surface area (Å²) in [5, 5.41) is 9.81. The summed E-state index contributed by atoms with van der Waals surface area (Å²) in [5.41, 5.74) is 0.145. The minimum absolute atomic E-state index is 0.208. The van der Waals surface area contributed by atoms with Crippen molar-refractivity contribution >= 4 is 0 Å². The smallest absolute Gasteiger partial charge is 0.264 e. The van der Waals surface area contributed by atoms with Gasteiger partial charge in [-0.1, -0.05) is 5.16 Å². The largest absolute Gasteiger partial charge is 0.382 e. The number of hydrogen-bond acceptors (Lipinski definition) is 7. The molecular weight excluding hydrogens is 240 g/mol. The van der Waals surface area contributed by atoms with Crippen LogP contribution < -0.4 is 5.56 Å². The summed E-state index contributed by atoms with van der Waals surface area (Å²) in [6, 6.07) is 2.85. The Morgan fingerprint density at radius 3 is 3.00 bits per heavy atom. The lowest BCUT2D eigenvalue weighted by molar-refractivity contribution is 0.0494. The first-order valence-electron chi connectivity index (χ1n) is 5.25. The van der Waals surface area contributed by atoms with E-state index in [0.717, 1.165) is 0 Å². The zero-order chi connectivity index (χ0) is 12.8. The number of ether oxygens (including phenoxy) is 2. The van der Waals surface area contributed by atoms with Crippen molar-refractivity contribution in [3.63, 3.8) is 0 Å². The van der Waals surface area contributed by atoms with Crippen molar-refractivity contribution in [1.82, 2.24) is 20.3 Å². The molecule has 0 aliphatic rings. The molecule has 96 valence electrons. The summed E-state index contributed by atoms with van der Waals surface area (Å²) in [5.74, 6) is 0.644. The molecule has 2 aromatic rings. The van der Waals surface area contributed by atoms with Crippen LogP contribution in [0.2, 0.25) is 0 Å². The lowest BCUT2D eigenvalue weighted by Crippen LogP contribution is -2.06. The molecule has 8 heteroatoms. The van der Waals surface area contributed by atoms with E-state index >= 15 is 0 Å². The maximum atomic E-state index is 10.8. The van der Waals surface area contributed by atoms with Gasteiger partial charge in [0.1, 0.15) is 12.3 Å². The van der Waals surface area contributed by atoms with Gasteiger partial charge >= 0.3 is 0 Å². The van der Waals surface area contributed by atoms with Gasteiger partial charge in [0.05, 0.1) is 13.2 Å². The van der Waals surface area contributed by atoms with E-state index in [1.807, 2.05) is 0 Å². The van der Waals surface area contributed by atoms with E-state index in [0.29, 0.717) is 30.6 Å². The second-order valence-corrected chi connectivity index (χ2v) is 3.36. The second-order valence-electron chi connectivity index (χ2n) is 3.36. The van der Waals surface area contributed by atoms with Gasteiger partial charge in [-0.05, 0) is 6.07 Å². The predicted molar refractivity (Wildman–Crippen MR) is 59.7 cm³/mol. The summed E-state index contributed by atoms with van der Waals surface area (Å²) in [7, 11) is 1.59. The van der Waals surface area contributed by atoms with E-state index in [4.69, 9.17) is 14.0 Å². The number of nitrogens with one attached hydrogen (secondary N) is 1. The van der Waals surface area contributed by atoms with E-state index < -0.39 is 0 Å². The van der Waals surface area contributed by atoms with Gasteiger partial charge in [-0.3, -0.25) is 4.79 Å². The Kier molecular flexibility index (Phi) is 4.15. The highest BCUT2D eigenvalue weighted by atomic mass is 16.5. The first-order chi connectivity index (χ1) is 8.79. The average Bonchev–Trinajstić information content (AvgIpc) is 2.84. The summed E-state index contributed by atoms with van der Waals surface area (Å²) in [6.45, 7) is 1.16. The van der Waals surface area contributed by atoms with Gasteiger partial charge in [-0.15, -0.1) is 0 Å². The summed E-state index contributed by atoms with van der Waals surface area (Å²) in [6.07, 6.45) is 0. The fourth-order valence-corrected chi connectivity index (χ4v) is 1.19. The van der Waals surface area contributed by atoms with Crippen LogP contribution in [0.5, 0.6) is 0 Å². The first-order valence-corrected chi connectivity index (χ1v) is 5.25. The summed E-state index contributed by atoms with van der Waals surface area (Å²) in [4.78, 5) is 14.9. The van der Waals surface area contributed by atoms with Gasteiger partial charge in [0.25, 0.3) is 11.4 Å². The van der Waals surface area contributed by atoms with Gasteiger partial charge in [-0.2, -0.15) is 10.1 Å².